The number of aryl methyl sites for hydroxylation is 1. The maximum Gasteiger partial charge on any atom is 0.522 e. The average Bonchev–Trinajstić information content (AvgIpc) is 2.24. The van der Waals surface area contributed by atoms with E-state index in [2.05, 4.69) is 4.74 Å². The number of ether oxygens (including phenoxy) is 2. The first-order valence-electron chi connectivity index (χ1n) is 5.41. The summed E-state index contributed by atoms with van der Waals surface area (Å²) in [7, 11) is 0. The summed E-state index contributed by atoms with van der Waals surface area (Å²) in [6.45, 7) is 2.65. The Kier molecular flexibility index (Phi) is 4.98. The quantitative estimate of drug-likeness (QED) is 0.831. The van der Waals surface area contributed by atoms with Crippen LogP contribution in [-0.4, -0.2) is 24.7 Å². The van der Waals surface area contributed by atoms with E-state index < -0.39 is 19.1 Å². The number of halogens is 3. The zero-order valence-electron chi connectivity index (χ0n) is 10.1. The van der Waals surface area contributed by atoms with E-state index in [-0.39, 0.29) is 6.61 Å². The molecule has 1 N–H and O–H groups in total. The molecular weight excluding hydrogens is 249 g/mol. The van der Waals surface area contributed by atoms with E-state index in [0.717, 1.165) is 11.1 Å². The summed E-state index contributed by atoms with van der Waals surface area (Å²) in [5, 5.41) is 9.36. The second-order valence-corrected chi connectivity index (χ2v) is 3.84. The van der Waals surface area contributed by atoms with Gasteiger partial charge in [0, 0.05) is 0 Å². The summed E-state index contributed by atoms with van der Waals surface area (Å²) < 4.78 is 43.8. The minimum Gasteiger partial charge on any atom is -0.491 e. The van der Waals surface area contributed by atoms with E-state index in [1.165, 1.54) is 0 Å². The van der Waals surface area contributed by atoms with Gasteiger partial charge in [0.15, 0.2) is 0 Å². The lowest BCUT2D eigenvalue weighted by Gasteiger charge is -2.12. The lowest BCUT2D eigenvalue weighted by Crippen LogP contribution is -2.18. The average molecular weight is 264 g/mol. The minimum absolute atomic E-state index is 0.186. The van der Waals surface area contributed by atoms with Gasteiger partial charge in [-0.3, -0.25) is 4.74 Å². The Morgan fingerprint density at radius 2 is 1.94 bits per heavy atom. The molecule has 0 fully saturated rings. The second kappa shape index (κ2) is 6.06. The molecule has 0 aliphatic rings. The van der Waals surface area contributed by atoms with E-state index in [1.807, 2.05) is 0 Å². The van der Waals surface area contributed by atoms with Crippen LogP contribution in [0.15, 0.2) is 18.2 Å². The van der Waals surface area contributed by atoms with Crippen molar-refractivity contribution in [1.29, 1.82) is 0 Å². The number of aliphatic hydroxyl groups is 1. The van der Waals surface area contributed by atoms with Gasteiger partial charge in [0.25, 0.3) is 0 Å². The Labute approximate surface area is 103 Å². The Morgan fingerprint density at radius 1 is 1.28 bits per heavy atom. The monoisotopic (exact) mass is 264 g/mol. The van der Waals surface area contributed by atoms with Crippen LogP contribution >= 0.6 is 0 Å². The molecule has 0 aliphatic carbocycles. The summed E-state index contributed by atoms with van der Waals surface area (Å²) >= 11 is 0. The number of benzene rings is 1. The number of hydrogen-bond acceptors (Lipinski definition) is 3. The minimum atomic E-state index is -4.63. The van der Waals surface area contributed by atoms with Crippen LogP contribution in [0.25, 0.3) is 0 Å². The second-order valence-electron chi connectivity index (χ2n) is 3.84. The highest BCUT2D eigenvalue weighted by Gasteiger charge is 2.28. The first-order valence-corrected chi connectivity index (χ1v) is 5.41. The SMILES string of the molecule is Cc1cc(C(C)O)ccc1OCCOC(F)(F)F. The topological polar surface area (TPSA) is 38.7 Å². The van der Waals surface area contributed by atoms with Gasteiger partial charge in [-0.25, -0.2) is 0 Å². The molecule has 0 amide bonds. The van der Waals surface area contributed by atoms with Crippen molar-refractivity contribution in [2.45, 2.75) is 26.3 Å². The molecule has 1 atom stereocenters. The third-order valence-corrected chi connectivity index (χ3v) is 2.29. The van der Waals surface area contributed by atoms with Crippen LogP contribution in [0.2, 0.25) is 0 Å². The standard InChI is InChI=1S/C12H15F3O3/c1-8-7-10(9(2)16)3-4-11(8)17-5-6-18-12(13,14)15/h3-4,7,9,16H,5-6H2,1-2H3. The zero-order valence-corrected chi connectivity index (χ0v) is 10.1. The molecule has 0 saturated heterocycles. The molecule has 0 aliphatic heterocycles. The van der Waals surface area contributed by atoms with Crippen molar-refractivity contribution < 1.29 is 27.8 Å². The number of aliphatic hydroxyl groups excluding tert-OH is 1. The molecule has 0 spiro atoms. The van der Waals surface area contributed by atoms with Crippen molar-refractivity contribution in [3.63, 3.8) is 0 Å². The molecule has 3 nitrogen and oxygen atoms in total. The molecule has 1 rings (SSSR count). The predicted octanol–water partition coefficient (Wildman–Crippen LogP) is 2.96. The smallest absolute Gasteiger partial charge is 0.491 e. The fourth-order valence-corrected chi connectivity index (χ4v) is 1.40. The van der Waals surface area contributed by atoms with Gasteiger partial charge in [-0.05, 0) is 37.1 Å². The molecule has 1 aromatic rings. The fourth-order valence-electron chi connectivity index (χ4n) is 1.40. The van der Waals surface area contributed by atoms with Crippen molar-refractivity contribution in [1.82, 2.24) is 0 Å². The van der Waals surface area contributed by atoms with Crippen LogP contribution in [0.3, 0.4) is 0 Å². The Morgan fingerprint density at radius 3 is 2.44 bits per heavy atom. The molecular formula is C12H15F3O3. The van der Waals surface area contributed by atoms with Gasteiger partial charge >= 0.3 is 6.36 Å². The Bertz CT molecular complexity index is 389. The maximum absolute atomic E-state index is 11.7. The third kappa shape index (κ3) is 4.93. The van der Waals surface area contributed by atoms with Crippen LogP contribution in [-0.2, 0) is 4.74 Å². The summed E-state index contributed by atoms with van der Waals surface area (Å²) in [6, 6.07) is 5.01. The van der Waals surface area contributed by atoms with Crippen molar-refractivity contribution in [3.05, 3.63) is 29.3 Å². The predicted molar refractivity (Wildman–Crippen MR) is 59.3 cm³/mol. The lowest BCUT2D eigenvalue weighted by atomic mass is 10.1. The maximum atomic E-state index is 11.7. The molecule has 1 aromatic carbocycles. The normalized spacial score (nSPS) is 13.4. The molecule has 0 heterocycles. The highest BCUT2D eigenvalue weighted by molar-refractivity contribution is 5.36. The molecule has 0 bridgehead atoms. The lowest BCUT2D eigenvalue weighted by molar-refractivity contribution is -0.325. The van der Waals surface area contributed by atoms with Gasteiger partial charge in [0.05, 0.1) is 12.7 Å². The van der Waals surface area contributed by atoms with Gasteiger partial charge in [-0.1, -0.05) is 6.07 Å². The van der Waals surface area contributed by atoms with Crippen molar-refractivity contribution in [3.8, 4) is 5.75 Å². The van der Waals surface area contributed by atoms with Gasteiger partial charge in [-0.15, -0.1) is 13.2 Å². The number of alkyl halides is 3. The van der Waals surface area contributed by atoms with Crippen LogP contribution < -0.4 is 4.74 Å². The summed E-state index contributed by atoms with van der Waals surface area (Å²) in [5.41, 5.74) is 1.48. The molecule has 0 aromatic heterocycles. The van der Waals surface area contributed by atoms with Crippen LogP contribution in [0.4, 0.5) is 13.2 Å². The first kappa shape index (κ1) is 14.8. The van der Waals surface area contributed by atoms with Crippen molar-refractivity contribution >= 4 is 0 Å². The first-order chi connectivity index (χ1) is 8.29. The molecule has 102 valence electrons. The highest BCUT2D eigenvalue weighted by Crippen LogP contribution is 2.23. The molecule has 0 saturated carbocycles. The Hall–Kier alpha value is -1.27. The van der Waals surface area contributed by atoms with Gasteiger partial charge in [0.1, 0.15) is 12.4 Å². The summed E-state index contributed by atoms with van der Waals surface area (Å²) in [4.78, 5) is 0. The molecule has 0 radical (unpaired) electrons. The van der Waals surface area contributed by atoms with Crippen molar-refractivity contribution in [2.24, 2.45) is 0 Å². The highest BCUT2D eigenvalue weighted by atomic mass is 19.4. The number of rotatable bonds is 5. The van der Waals surface area contributed by atoms with Crippen molar-refractivity contribution in [2.75, 3.05) is 13.2 Å². The zero-order chi connectivity index (χ0) is 13.8. The Balaban J connectivity index is 2.48. The molecule has 1 unspecified atom stereocenters. The van der Waals surface area contributed by atoms with Gasteiger partial charge in [-0.2, -0.15) is 0 Å². The van der Waals surface area contributed by atoms with Gasteiger partial charge in [0.2, 0.25) is 0 Å². The number of hydrogen-bond donors (Lipinski definition) is 1. The summed E-state index contributed by atoms with van der Waals surface area (Å²) in [6.07, 6.45) is -5.22. The van der Waals surface area contributed by atoms with E-state index in [9.17, 15) is 18.3 Å². The van der Waals surface area contributed by atoms with E-state index >= 15 is 0 Å². The van der Waals surface area contributed by atoms with E-state index in [0.29, 0.717) is 5.75 Å². The van der Waals surface area contributed by atoms with Crippen LogP contribution in [0, 0.1) is 6.92 Å². The third-order valence-electron chi connectivity index (χ3n) is 2.29. The van der Waals surface area contributed by atoms with Crippen LogP contribution in [0.1, 0.15) is 24.2 Å². The summed E-state index contributed by atoms with van der Waals surface area (Å²) in [5.74, 6) is 0.477. The van der Waals surface area contributed by atoms with E-state index in [1.54, 1.807) is 32.0 Å². The fraction of sp³-hybridized carbons (Fsp3) is 0.500. The largest absolute Gasteiger partial charge is 0.522 e. The molecule has 18 heavy (non-hydrogen) atoms. The van der Waals surface area contributed by atoms with Crippen LogP contribution in [0.5, 0.6) is 5.75 Å². The molecule has 6 heteroatoms. The van der Waals surface area contributed by atoms with Gasteiger partial charge < -0.3 is 9.84 Å². The van der Waals surface area contributed by atoms with E-state index in [4.69, 9.17) is 4.74 Å².